The molecule has 0 aliphatic heterocycles. The van der Waals surface area contributed by atoms with Crippen molar-refractivity contribution in [2.45, 2.75) is 53.1 Å². The minimum Gasteiger partial charge on any atom is -0.466 e. The van der Waals surface area contributed by atoms with Gasteiger partial charge in [0.05, 0.1) is 12.7 Å². The molecular formula is C22H28O4. The van der Waals surface area contributed by atoms with E-state index >= 15 is 0 Å². The van der Waals surface area contributed by atoms with Crippen LogP contribution in [0.2, 0.25) is 0 Å². The molecule has 0 saturated heterocycles. The molecule has 0 saturated carbocycles. The Morgan fingerprint density at radius 2 is 1.85 bits per heavy atom. The zero-order valence-corrected chi connectivity index (χ0v) is 16.0. The lowest BCUT2D eigenvalue weighted by atomic mass is 10.0. The van der Waals surface area contributed by atoms with Gasteiger partial charge in [-0.15, -0.1) is 0 Å². The van der Waals surface area contributed by atoms with Crippen molar-refractivity contribution in [2.24, 2.45) is 0 Å². The maximum Gasteiger partial charge on any atom is 0.306 e. The van der Waals surface area contributed by atoms with E-state index in [1.54, 1.807) is 6.92 Å². The number of rotatable bonds is 8. The number of ether oxygens (including phenoxy) is 2. The molecule has 0 aromatic heterocycles. The van der Waals surface area contributed by atoms with Crippen LogP contribution < -0.4 is 4.74 Å². The standard InChI is InChI=1S/C22H28O4/c1-5-17-13-20(9-7-18(17)8-10-22(24)25-6-2)26-21-12-15(3)11-19(14-21)16(4)23/h7,9,11-14,16,23H,5-6,8,10H2,1-4H3. The summed E-state index contributed by atoms with van der Waals surface area (Å²) in [5, 5.41) is 9.81. The van der Waals surface area contributed by atoms with Crippen LogP contribution in [0, 0.1) is 6.92 Å². The Hall–Kier alpha value is -2.33. The Bertz CT molecular complexity index is 750. The molecule has 0 bridgehead atoms. The molecule has 0 amide bonds. The average Bonchev–Trinajstić information content (AvgIpc) is 2.60. The summed E-state index contributed by atoms with van der Waals surface area (Å²) in [6.07, 6.45) is 1.38. The molecule has 0 spiro atoms. The lowest BCUT2D eigenvalue weighted by Crippen LogP contribution is -2.06. The Morgan fingerprint density at radius 1 is 1.08 bits per heavy atom. The molecule has 140 valence electrons. The number of aliphatic hydroxyl groups excluding tert-OH is 1. The molecule has 1 N–H and O–H groups in total. The predicted octanol–water partition coefficient (Wildman–Crippen LogP) is 4.90. The van der Waals surface area contributed by atoms with Gasteiger partial charge in [-0.05, 0) is 80.1 Å². The highest BCUT2D eigenvalue weighted by molar-refractivity contribution is 5.69. The number of carbonyl (C=O) groups is 1. The summed E-state index contributed by atoms with van der Waals surface area (Å²) < 4.78 is 11.0. The first-order chi connectivity index (χ1) is 12.4. The van der Waals surface area contributed by atoms with Crippen LogP contribution in [0.5, 0.6) is 11.5 Å². The molecule has 2 rings (SSSR count). The third kappa shape index (κ3) is 5.60. The molecule has 1 atom stereocenters. The number of carbonyl (C=O) groups excluding carboxylic acids is 1. The lowest BCUT2D eigenvalue weighted by molar-refractivity contribution is -0.143. The Morgan fingerprint density at radius 3 is 2.50 bits per heavy atom. The molecule has 1 unspecified atom stereocenters. The zero-order valence-electron chi connectivity index (χ0n) is 16.0. The topological polar surface area (TPSA) is 55.8 Å². The molecule has 4 nitrogen and oxygen atoms in total. The fraction of sp³-hybridized carbons (Fsp3) is 0.409. The van der Waals surface area contributed by atoms with Gasteiger partial charge in [-0.1, -0.05) is 19.1 Å². The molecule has 4 heteroatoms. The number of aryl methyl sites for hydroxylation is 3. The Balaban J connectivity index is 2.15. The van der Waals surface area contributed by atoms with Crippen molar-refractivity contribution in [3.63, 3.8) is 0 Å². The van der Waals surface area contributed by atoms with E-state index < -0.39 is 6.10 Å². The quantitative estimate of drug-likeness (QED) is 0.684. The van der Waals surface area contributed by atoms with E-state index in [0.29, 0.717) is 25.2 Å². The molecule has 0 heterocycles. The van der Waals surface area contributed by atoms with E-state index in [1.807, 2.05) is 50.2 Å². The SMILES string of the molecule is CCOC(=O)CCc1ccc(Oc2cc(C)cc(C(C)O)c2)cc1CC. The summed E-state index contributed by atoms with van der Waals surface area (Å²) in [7, 11) is 0. The minimum absolute atomic E-state index is 0.166. The highest BCUT2D eigenvalue weighted by Gasteiger charge is 2.09. The maximum absolute atomic E-state index is 11.6. The monoisotopic (exact) mass is 356 g/mol. The Kier molecular flexibility index (Phi) is 7.22. The van der Waals surface area contributed by atoms with Crippen molar-refractivity contribution >= 4 is 5.97 Å². The van der Waals surface area contributed by atoms with Gasteiger partial charge in [0.1, 0.15) is 11.5 Å². The van der Waals surface area contributed by atoms with E-state index in [0.717, 1.165) is 34.4 Å². The third-order valence-electron chi connectivity index (χ3n) is 4.25. The molecule has 0 fully saturated rings. The predicted molar refractivity (Wildman–Crippen MR) is 103 cm³/mol. The van der Waals surface area contributed by atoms with Gasteiger partial charge in [0.2, 0.25) is 0 Å². The van der Waals surface area contributed by atoms with Crippen LogP contribution in [0.3, 0.4) is 0 Å². The van der Waals surface area contributed by atoms with Gasteiger partial charge in [0.15, 0.2) is 0 Å². The molecule has 0 radical (unpaired) electrons. The molecular weight excluding hydrogens is 328 g/mol. The van der Waals surface area contributed by atoms with Gasteiger partial charge in [-0.3, -0.25) is 4.79 Å². The highest BCUT2D eigenvalue weighted by Crippen LogP contribution is 2.28. The number of benzene rings is 2. The fourth-order valence-corrected chi connectivity index (χ4v) is 2.92. The summed E-state index contributed by atoms with van der Waals surface area (Å²) in [5.41, 5.74) is 4.18. The minimum atomic E-state index is -0.534. The van der Waals surface area contributed by atoms with Crippen molar-refractivity contribution in [1.29, 1.82) is 0 Å². The van der Waals surface area contributed by atoms with Gasteiger partial charge < -0.3 is 14.6 Å². The van der Waals surface area contributed by atoms with Crippen molar-refractivity contribution < 1.29 is 19.4 Å². The van der Waals surface area contributed by atoms with Crippen LogP contribution >= 0.6 is 0 Å². The van der Waals surface area contributed by atoms with Gasteiger partial charge >= 0.3 is 5.97 Å². The van der Waals surface area contributed by atoms with E-state index in [9.17, 15) is 9.90 Å². The van der Waals surface area contributed by atoms with E-state index in [-0.39, 0.29) is 5.97 Å². The van der Waals surface area contributed by atoms with Crippen molar-refractivity contribution in [3.05, 3.63) is 58.7 Å². The van der Waals surface area contributed by atoms with Crippen LogP contribution in [-0.4, -0.2) is 17.7 Å². The lowest BCUT2D eigenvalue weighted by Gasteiger charge is -2.13. The largest absolute Gasteiger partial charge is 0.466 e. The number of aliphatic hydroxyl groups is 1. The van der Waals surface area contributed by atoms with Crippen LogP contribution in [0.4, 0.5) is 0 Å². The van der Waals surface area contributed by atoms with E-state index in [1.165, 1.54) is 0 Å². The van der Waals surface area contributed by atoms with Gasteiger partial charge in [-0.25, -0.2) is 0 Å². The summed E-state index contributed by atoms with van der Waals surface area (Å²) in [6.45, 7) is 8.04. The second-order valence-corrected chi connectivity index (χ2v) is 6.45. The van der Waals surface area contributed by atoms with Crippen molar-refractivity contribution in [1.82, 2.24) is 0 Å². The normalized spacial score (nSPS) is 11.9. The molecule has 0 aliphatic rings. The number of hydrogen-bond acceptors (Lipinski definition) is 4. The summed E-state index contributed by atoms with van der Waals surface area (Å²) in [6, 6.07) is 11.7. The van der Waals surface area contributed by atoms with Gasteiger partial charge in [0.25, 0.3) is 0 Å². The van der Waals surface area contributed by atoms with Crippen LogP contribution in [0.15, 0.2) is 36.4 Å². The van der Waals surface area contributed by atoms with E-state index in [2.05, 4.69) is 6.92 Å². The first-order valence-electron chi connectivity index (χ1n) is 9.17. The number of esters is 1. The second kappa shape index (κ2) is 9.39. The molecule has 0 aliphatic carbocycles. The first-order valence-corrected chi connectivity index (χ1v) is 9.17. The summed E-state index contributed by atoms with van der Waals surface area (Å²) in [4.78, 5) is 11.6. The smallest absolute Gasteiger partial charge is 0.306 e. The van der Waals surface area contributed by atoms with E-state index in [4.69, 9.17) is 9.47 Å². The summed E-state index contributed by atoms with van der Waals surface area (Å²) >= 11 is 0. The van der Waals surface area contributed by atoms with Crippen molar-refractivity contribution in [3.8, 4) is 11.5 Å². The number of hydrogen-bond donors (Lipinski definition) is 1. The van der Waals surface area contributed by atoms with Gasteiger partial charge in [-0.2, -0.15) is 0 Å². The third-order valence-corrected chi connectivity index (χ3v) is 4.25. The summed E-state index contributed by atoms with van der Waals surface area (Å²) in [5.74, 6) is 1.30. The zero-order chi connectivity index (χ0) is 19.1. The average molecular weight is 356 g/mol. The first kappa shape index (κ1) is 20.0. The molecule has 2 aromatic carbocycles. The van der Waals surface area contributed by atoms with Crippen LogP contribution in [0.1, 0.15) is 55.5 Å². The van der Waals surface area contributed by atoms with Crippen LogP contribution in [-0.2, 0) is 22.4 Å². The molecule has 2 aromatic rings. The second-order valence-electron chi connectivity index (χ2n) is 6.45. The molecule has 26 heavy (non-hydrogen) atoms. The fourth-order valence-electron chi connectivity index (χ4n) is 2.92. The Labute approximate surface area is 155 Å². The highest BCUT2D eigenvalue weighted by atomic mass is 16.5. The van der Waals surface area contributed by atoms with Crippen LogP contribution in [0.25, 0.3) is 0 Å². The van der Waals surface area contributed by atoms with Crippen molar-refractivity contribution in [2.75, 3.05) is 6.61 Å². The maximum atomic E-state index is 11.6. The van der Waals surface area contributed by atoms with Gasteiger partial charge in [0, 0.05) is 6.42 Å².